The predicted molar refractivity (Wildman–Crippen MR) is 89.7 cm³/mol. The fourth-order valence-electron chi connectivity index (χ4n) is 1.68. The molecule has 126 valence electrons. The van der Waals surface area contributed by atoms with E-state index in [1.165, 1.54) is 13.3 Å². The molecule has 0 radical (unpaired) electrons. The first-order chi connectivity index (χ1) is 11.5. The SMILES string of the molecule is COC(=O)CCNc1ncc(C(=O)Oc2ccc(C(=N)N)cc2)s1. The lowest BCUT2D eigenvalue weighted by Crippen LogP contribution is -2.11. The number of methoxy groups -OCH3 is 1. The summed E-state index contributed by atoms with van der Waals surface area (Å²) < 4.78 is 9.76. The molecule has 0 fully saturated rings. The van der Waals surface area contributed by atoms with Crippen molar-refractivity contribution in [1.29, 1.82) is 5.41 Å². The molecule has 0 aliphatic carbocycles. The number of rotatable bonds is 7. The lowest BCUT2D eigenvalue weighted by atomic mass is 10.2. The predicted octanol–water partition coefficient (Wildman–Crippen LogP) is 1.62. The summed E-state index contributed by atoms with van der Waals surface area (Å²) in [5.74, 6) is -0.576. The highest BCUT2D eigenvalue weighted by Gasteiger charge is 2.13. The highest BCUT2D eigenvalue weighted by molar-refractivity contribution is 7.17. The Labute approximate surface area is 142 Å². The van der Waals surface area contributed by atoms with Gasteiger partial charge in [0.2, 0.25) is 0 Å². The minimum absolute atomic E-state index is 0.0574. The summed E-state index contributed by atoms with van der Waals surface area (Å²) in [5, 5.41) is 10.7. The topological polar surface area (TPSA) is 127 Å². The number of ether oxygens (including phenoxy) is 2. The Morgan fingerprint density at radius 3 is 2.67 bits per heavy atom. The number of hydrogen-bond acceptors (Lipinski definition) is 8. The number of nitrogens with one attached hydrogen (secondary N) is 2. The lowest BCUT2D eigenvalue weighted by Gasteiger charge is -2.03. The summed E-state index contributed by atoms with van der Waals surface area (Å²) in [6, 6.07) is 6.31. The van der Waals surface area contributed by atoms with Gasteiger partial charge in [-0.3, -0.25) is 10.2 Å². The van der Waals surface area contributed by atoms with Crippen molar-refractivity contribution in [2.75, 3.05) is 19.0 Å². The molecule has 0 saturated carbocycles. The summed E-state index contributed by atoms with van der Waals surface area (Å²) in [4.78, 5) is 27.4. The zero-order chi connectivity index (χ0) is 17.5. The number of hydrogen-bond donors (Lipinski definition) is 3. The number of nitrogen functional groups attached to an aromatic ring is 1. The zero-order valence-electron chi connectivity index (χ0n) is 12.9. The zero-order valence-corrected chi connectivity index (χ0v) is 13.7. The first-order valence-electron chi connectivity index (χ1n) is 6.92. The van der Waals surface area contributed by atoms with Crippen molar-refractivity contribution in [3.05, 3.63) is 40.9 Å². The van der Waals surface area contributed by atoms with E-state index in [1.54, 1.807) is 24.3 Å². The van der Waals surface area contributed by atoms with Gasteiger partial charge in [-0.05, 0) is 24.3 Å². The number of nitrogens with two attached hydrogens (primary N) is 1. The molecular formula is C15H16N4O4S. The molecule has 1 aromatic carbocycles. The quantitative estimate of drug-likeness (QED) is 0.300. The molecule has 0 amide bonds. The smallest absolute Gasteiger partial charge is 0.355 e. The number of amidine groups is 1. The minimum atomic E-state index is -0.538. The van der Waals surface area contributed by atoms with E-state index in [0.717, 1.165) is 11.3 Å². The Morgan fingerprint density at radius 2 is 2.04 bits per heavy atom. The molecule has 8 nitrogen and oxygen atoms in total. The Balaban J connectivity index is 1.90. The molecule has 0 bridgehead atoms. The van der Waals surface area contributed by atoms with Crippen LogP contribution in [0.3, 0.4) is 0 Å². The third-order valence-electron chi connectivity index (χ3n) is 2.92. The lowest BCUT2D eigenvalue weighted by molar-refractivity contribution is -0.140. The van der Waals surface area contributed by atoms with Gasteiger partial charge < -0.3 is 20.5 Å². The highest BCUT2D eigenvalue weighted by atomic mass is 32.1. The molecule has 0 saturated heterocycles. The van der Waals surface area contributed by atoms with Crippen LogP contribution in [0, 0.1) is 5.41 Å². The van der Waals surface area contributed by atoms with Gasteiger partial charge >= 0.3 is 11.9 Å². The maximum Gasteiger partial charge on any atom is 0.355 e. The standard InChI is InChI=1S/C15H16N4O4S/c1-22-12(20)6-7-18-15-19-8-11(24-15)14(21)23-10-4-2-9(3-5-10)13(16)17/h2-5,8H,6-7H2,1H3,(H3,16,17)(H,18,19). The van der Waals surface area contributed by atoms with Gasteiger partial charge in [0.05, 0.1) is 19.7 Å². The maximum atomic E-state index is 12.1. The number of aromatic nitrogens is 1. The molecule has 2 aromatic rings. The van der Waals surface area contributed by atoms with E-state index in [0.29, 0.717) is 27.9 Å². The van der Waals surface area contributed by atoms with Gasteiger partial charge in [0.15, 0.2) is 5.13 Å². The van der Waals surface area contributed by atoms with Crippen molar-refractivity contribution >= 4 is 34.2 Å². The number of anilines is 1. The molecule has 24 heavy (non-hydrogen) atoms. The molecule has 1 aromatic heterocycles. The van der Waals surface area contributed by atoms with Crippen LogP contribution in [0.25, 0.3) is 0 Å². The minimum Gasteiger partial charge on any atom is -0.469 e. The first kappa shape index (κ1) is 17.4. The van der Waals surface area contributed by atoms with E-state index < -0.39 is 5.97 Å². The van der Waals surface area contributed by atoms with Crippen LogP contribution in [0.5, 0.6) is 5.75 Å². The summed E-state index contributed by atoms with van der Waals surface area (Å²) in [6.07, 6.45) is 1.61. The summed E-state index contributed by atoms with van der Waals surface area (Å²) in [5.41, 5.74) is 5.91. The molecule has 0 aliphatic rings. The average Bonchev–Trinajstić information content (AvgIpc) is 3.04. The molecule has 0 atom stereocenters. The molecule has 0 spiro atoms. The Hall–Kier alpha value is -2.94. The molecule has 1 heterocycles. The molecule has 0 unspecified atom stereocenters. The second-order valence-corrected chi connectivity index (χ2v) is 5.64. The van der Waals surface area contributed by atoms with Gasteiger partial charge in [-0.25, -0.2) is 9.78 Å². The number of thiazole rings is 1. The number of carbonyl (C=O) groups excluding carboxylic acids is 2. The van der Waals surface area contributed by atoms with Crippen molar-refractivity contribution in [1.82, 2.24) is 4.98 Å². The van der Waals surface area contributed by atoms with Crippen molar-refractivity contribution < 1.29 is 19.1 Å². The first-order valence-corrected chi connectivity index (χ1v) is 7.74. The van der Waals surface area contributed by atoms with Gasteiger partial charge in [0.1, 0.15) is 16.5 Å². The second-order valence-electron chi connectivity index (χ2n) is 4.61. The summed E-state index contributed by atoms with van der Waals surface area (Å²) >= 11 is 1.12. The highest BCUT2D eigenvalue weighted by Crippen LogP contribution is 2.21. The summed E-state index contributed by atoms with van der Waals surface area (Å²) in [6.45, 7) is 0.362. The molecule has 2 rings (SSSR count). The van der Waals surface area contributed by atoms with Crippen LogP contribution < -0.4 is 15.8 Å². The molecular weight excluding hydrogens is 332 g/mol. The number of carbonyl (C=O) groups is 2. The average molecular weight is 348 g/mol. The van der Waals surface area contributed by atoms with E-state index in [9.17, 15) is 9.59 Å². The van der Waals surface area contributed by atoms with Crippen LogP contribution in [0.1, 0.15) is 21.7 Å². The molecule has 9 heteroatoms. The summed E-state index contributed by atoms with van der Waals surface area (Å²) in [7, 11) is 1.32. The van der Waals surface area contributed by atoms with Crippen molar-refractivity contribution in [3.63, 3.8) is 0 Å². The third kappa shape index (κ3) is 4.78. The monoisotopic (exact) mass is 348 g/mol. The fraction of sp³-hybridized carbons (Fsp3) is 0.200. The number of esters is 2. The van der Waals surface area contributed by atoms with E-state index in [4.69, 9.17) is 15.9 Å². The van der Waals surface area contributed by atoms with Crippen molar-refractivity contribution in [3.8, 4) is 5.75 Å². The van der Waals surface area contributed by atoms with Crippen LogP contribution in [-0.2, 0) is 9.53 Å². The number of benzene rings is 1. The van der Waals surface area contributed by atoms with Crippen LogP contribution in [0.4, 0.5) is 5.13 Å². The van der Waals surface area contributed by atoms with Gasteiger partial charge in [0.25, 0.3) is 0 Å². The Bertz CT molecular complexity index is 742. The Kier molecular flexibility index (Phi) is 5.85. The fourth-order valence-corrected chi connectivity index (χ4v) is 2.40. The number of nitrogens with zero attached hydrogens (tertiary/aromatic N) is 1. The van der Waals surface area contributed by atoms with Crippen LogP contribution >= 0.6 is 11.3 Å². The van der Waals surface area contributed by atoms with Crippen molar-refractivity contribution in [2.24, 2.45) is 5.73 Å². The molecule has 0 aliphatic heterocycles. The van der Waals surface area contributed by atoms with Crippen LogP contribution in [0.15, 0.2) is 30.5 Å². The van der Waals surface area contributed by atoms with Crippen LogP contribution in [-0.4, -0.2) is 36.4 Å². The van der Waals surface area contributed by atoms with E-state index in [-0.39, 0.29) is 18.2 Å². The van der Waals surface area contributed by atoms with E-state index >= 15 is 0 Å². The van der Waals surface area contributed by atoms with E-state index in [2.05, 4.69) is 15.0 Å². The largest absolute Gasteiger partial charge is 0.469 e. The van der Waals surface area contributed by atoms with E-state index in [1.807, 2.05) is 0 Å². The van der Waals surface area contributed by atoms with Gasteiger partial charge in [-0.15, -0.1) is 0 Å². The second kappa shape index (κ2) is 8.06. The van der Waals surface area contributed by atoms with Gasteiger partial charge in [-0.2, -0.15) is 0 Å². The Morgan fingerprint density at radius 1 is 1.33 bits per heavy atom. The third-order valence-corrected chi connectivity index (χ3v) is 3.85. The van der Waals surface area contributed by atoms with Gasteiger partial charge in [-0.1, -0.05) is 11.3 Å². The maximum absolute atomic E-state index is 12.1. The van der Waals surface area contributed by atoms with Crippen molar-refractivity contribution in [2.45, 2.75) is 6.42 Å². The normalized spacial score (nSPS) is 10.0. The molecule has 4 N–H and O–H groups in total. The van der Waals surface area contributed by atoms with Crippen LogP contribution in [0.2, 0.25) is 0 Å². The van der Waals surface area contributed by atoms with Gasteiger partial charge in [0, 0.05) is 12.1 Å².